The summed E-state index contributed by atoms with van der Waals surface area (Å²) in [6, 6.07) is 15.5. The van der Waals surface area contributed by atoms with Gasteiger partial charge in [0.05, 0.1) is 20.4 Å². The second-order valence-electron chi connectivity index (χ2n) is 4.65. The Kier molecular flexibility index (Phi) is 5.87. The molecule has 22 heavy (non-hydrogen) atoms. The first-order chi connectivity index (χ1) is 10.6. The molecule has 0 aliphatic heterocycles. The van der Waals surface area contributed by atoms with Crippen molar-refractivity contribution in [3.8, 4) is 11.5 Å². The van der Waals surface area contributed by atoms with E-state index in [2.05, 4.69) is 5.10 Å². The second kappa shape index (κ2) is 7.87. The number of hydrogen-bond donors (Lipinski definition) is 0. The number of rotatable bonds is 6. The summed E-state index contributed by atoms with van der Waals surface area (Å²) in [5.74, 6) is 1.58. The van der Waals surface area contributed by atoms with Gasteiger partial charge in [0.15, 0.2) is 5.75 Å². The molecule has 1 unspecified atom stereocenters. The zero-order valence-corrected chi connectivity index (χ0v) is 14.5. The van der Waals surface area contributed by atoms with E-state index in [9.17, 15) is 0 Å². The molecule has 2 aromatic carbocycles. The van der Waals surface area contributed by atoms with Gasteiger partial charge in [0, 0.05) is 0 Å². The summed E-state index contributed by atoms with van der Waals surface area (Å²) in [4.78, 5) is 0. The lowest BCUT2D eigenvalue weighted by molar-refractivity contribution is 0.415. The van der Waals surface area contributed by atoms with Crippen LogP contribution in [-0.4, -0.2) is 25.2 Å². The van der Waals surface area contributed by atoms with Crippen LogP contribution in [0.3, 0.4) is 0 Å². The number of nitrogens with zero attached hydrogens (tertiary/aromatic N) is 2. The fourth-order valence-corrected chi connectivity index (χ4v) is 2.57. The third kappa shape index (κ3) is 4.79. The predicted octanol–water partition coefficient (Wildman–Crippen LogP) is 4.12. The second-order valence-corrected chi connectivity index (χ2v) is 6.82. The van der Waals surface area contributed by atoms with Gasteiger partial charge >= 0.3 is 7.07 Å². The molecule has 6 heteroatoms. The van der Waals surface area contributed by atoms with E-state index in [0.29, 0.717) is 0 Å². The van der Waals surface area contributed by atoms with Gasteiger partial charge in [-0.3, -0.25) is 4.52 Å². The summed E-state index contributed by atoms with van der Waals surface area (Å²) in [5.41, 5.74) is 2.16. The molecule has 0 aliphatic rings. The highest BCUT2D eigenvalue weighted by molar-refractivity contribution is 8.02. The van der Waals surface area contributed by atoms with E-state index in [0.717, 1.165) is 17.1 Å². The largest absolute Gasteiger partial charge is 0.540 e. The minimum atomic E-state index is -1.24. The maximum absolute atomic E-state index is 5.73. The lowest BCUT2D eigenvalue weighted by atomic mass is 10.2. The van der Waals surface area contributed by atoms with E-state index in [1.54, 1.807) is 18.1 Å². The van der Waals surface area contributed by atoms with Crippen LogP contribution in [0.15, 0.2) is 53.6 Å². The smallest absolute Gasteiger partial charge is 0.497 e. The summed E-state index contributed by atoms with van der Waals surface area (Å²) < 4.78 is 12.5. The minimum absolute atomic E-state index is 0.762. The lowest BCUT2D eigenvalue weighted by Gasteiger charge is -2.03. The third-order valence-corrected chi connectivity index (χ3v) is 4.81. The Morgan fingerprint density at radius 1 is 1.05 bits per heavy atom. The summed E-state index contributed by atoms with van der Waals surface area (Å²) in [6.07, 6.45) is 1.75. The van der Waals surface area contributed by atoms with Crippen LogP contribution in [0.5, 0.6) is 11.5 Å². The molecule has 114 valence electrons. The fraction of sp³-hybridized carbons (Fsp3) is 0.188. The molecule has 0 amide bonds. The lowest BCUT2D eigenvalue weighted by Crippen LogP contribution is -2.03. The number of benzene rings is 2. The Hall–Kier alpha value is -1.97. The molecule has 2 rings (SSSR count). The number of ether oxygens (including phenoxy) is 1. The first-order valence-corrected chi connectivity index (χ1v) is 8.94. The van der Waals surface area contributed by atoms with Crippen molar-refractivity contribution in [2.24, 2.45) is 5.10 Å². The molecule has 0 saturated heterocycles. The van der Waals surface area contributed by atoms with E-state index in [-0.39, 0.29) is 0 Å². The third-order valence-electron chi connectivity index (χ3n) is 2.93. The zero-order chi connectivity index (χ0) is 15.9. The van der Waals surface area contributed by atoms with Gasteiger partial charge in [-0.15, -0.1) is 5.10 Å². The molecule has 0 spiro atoms. The summed E-state index contributed by atoms with van der Waals surface area (Å²) >= 11 is 5.36. The van der Waals surface area contributed by atoms with E-state index >= 15 is 0 Å². The molecule has 4 nitrogen and oxygen atoms in total. The molecule has 0 fully saturated rings. The predicted molar refractivity (Wildman–Crippen MR) is 94.4 cm³/mol. The monoisotopic (exact) mass is 333 g/mol. The highest BCUT2D eigenvalue weighted by Gasteiger charge is 2.19. The number of hydrazone groups is 1. The molecule has 0 bridgehead atoms. The van der Waals surface area contributed by atoms with Crippen molar-refractivity contribution in [3.05, 3.63) is 59.7 Å². The van der Waals surface area contributed by atoms with Gasteiger partial charge in [-0.1, -0.05) is 22.5 Å². The molecule has 0 aliphatic carbocycles. The van der Waals surface area contributed by atoms with Gasteiger partial charge in [-0.05, 0) is 48.9 Å². The number of hydrogen-bond acceptors (Lipinski definition) is 4. The van der Waals surface area contributed by atoms with E-state index in [1.165, 1.54) is 5.56 Å². The van der Waals surface area contributed by atoms with Crippen molar-refractivity contribution in [2.75, 3.05) is 14.2 Å². The molecule has 0 radical (unpaired) electrons. The van der Waals surface area contributed by atoms with Crippen molar-refractivity contribution < 1.29 is 9.26 Å². The topological polar surface area (TPSA) is 34.1 Å². The van der Waals surface area contributed by atoms with Crippen LogP contribution in [0.25, 0.3) is 0 Å². The standard InChI is InChI=1S/C16H18N2O2PS/c1-13-4-8-16(9-5-13)20-21(22)18(2)17-12-14-6-10-15(19-3)11-7-14/h4-12H,1-3H3/q+1/b17-12+. The average Bonchev–Trinajstić information content (AvgIpc) is 2.55. The number of aryl methyl sites for hydroxylation is 1. The Morgan fingerprint density at radius 3 is 2.23 bits per heavy atom. The molecule has 2 aromatic rings. The Balaban J connectivity index is 1.95. The van der Waals surface area contributed by atoms with Gasteiger partial charge in [0.25, 0.3) is 0 Å². The first-order valence-electron chi connectivity index (χ1n) is 6.72. The van der Waals surface area contributed by atoms with Crippen LogP contribution in [0, 0.1) is 6.92 Å². The van der Waals surface area contributed by atoms with Crippen LogP contribution in [0.4, 0.5) is 0 Å². The minimum Gasteiger partial charge on any atom is -0.497 e. The van der Waals surface area contributed by atoms with E-state index < -0.39 is 7.07 Å². The average molecular weight is 333 g/mol. The van der Waals surface area contributed by atoms with Crippen molar-refractivity contribution >= 4 is 25.1 Å². The van der Waals surface area contributed by atoms with E-state index in [1.807, 2.05) is 62.5 Å². The van der Waals surface area contributed by atoms with Crippen molar-refractivity contribution in [1.82, 2.24) is 4.78 Å². The SMILES string of the molecule is COc1ccc(/C=N/N(C)[P+](=S)Oc2ccc(C)cc2)cc1. The van der Waals surface area contributed by atoms with Crippen molar-refractivity contribution in [1.29, 1.82) is 0 Å². The molecule has 0 saturated carbocycles. The van der Waals surface area contributed by atoms with Gasteiger partial charge in [-0.25, -0.2) is 0 Å². The van der Waals surface area contributed by atoms with Crippen LogP contribution < -0.4 is 9.26 Å². The summed E-state index contributed by atoms with van der Waals surface area (Å²) in [5, 5.41) is 4.33. The van der Waals surface area contributed by atoms with Crippen LogP contribution in [-0.2, 0) is 11.8 Å². The molecular formula is C16H18N2O2PS+. The van der Waals surface area contributed by atoms with Crippen LogP contribution >= 0.6 is 7.07 Å². The van der Waals surface area contributed by atoms with Gasteiger partial charge in [0.2, 0.25) is 11.8 Å². The maximum Gasteiger partial charge on any atom is 0.540 e. The molecule has 0 N–H and O–H groups in total. The summed E-state index contributed by atoms with van der Waals surface area (Å²) in [7, 11) is 2.22. The molecule has 1 atom stereocenters. The number of methoxy groups -OCH3 is 1. The fourth-order valence-electron chi connectivity index (χ4n) is 1.63. The first kappa shape index (κ1) is 16.4. The summed E-state index contributed by atoms with van der Waals surface area (Å²) in [6.45, 7) is 2.03. The molecule has 0 aromatic heterocycles. The van der Waals surface area contributed by atoms with Gasteiger partial charge in [0.1, 0.15) is 5.75 Å². The quantitative estimate of drug-likeness (QED) is 0.452. The zero-order valence-electron chi connectivity index (χ0n) is 12.8. The molecular weight excluding hydrogens is 315 g/mol. The highest BCUT2D eigenvalue weighted by atomic mass is 32.4. The normalized spacial score (nSPS) is 11.3. The Morgan fingerprint density at radius 2 is 1.64 bits per heavy atom. The van der Waals surface area contributed by atoms with Crippen molar-refractivity contribution in [3.63, 3.8) is 0 Å². The van der Waals surface area contributed by atoms with Crippen LogP contribution in [0.1, 0.15) is 11.1 Å². The molecule has 0 heterocycles. The van der Waals surface area contributed by atoms with E-state index in [4.69, 9.17) is 21.1 Å². The van der Waals surface area contributed by atoms with Crippen LogP contribution in [0.2, 0.25) is 0 Å². The Labute approximate surface area is 136 Å². The Bertz CT molecular complexity index is 657. The maximum atomic E-state index is 5.73. The highest BCUT2D eigenvalue weighted by Crippen LogP contribution is 2.30. The van der Waals surface area contributed by atoms with Crippen molar-refractivity contribution in [2.45, 2.75) is 6.92 Å². The van der Waals surface area contributed by atoms with Gasteiger partial charge < -0.3 is 4.74 Å². The van der Waals surface area contributed by atoms with Gasteiger partial charge in [-0.2, -0.15) is 0 Å².